The van der Waals surface area contributed by atoms with Crippen molar-refractivity contribution in [2.24, 2.45) is 0 Å². The van der Waals surface area contributed by atoms with Crippen molar-refractivity contribution < 1.29 is 14.4 Å². The second-order valence-corrected chi connectivity index (χ2v) is 5.66. The number of nitrogens with one attached hydrogen (secondary N) is 2. The lowest BCUT2D eigenvalue weighted by Crippen LogP contribution is -3.15. The standard InChI is InChI=1S/C17H27N3O2/c1-3-9-18-17(21)14-19-10-12-20(13-11-19)15-7-5-6-8-16(15)22-4-2/h5-8H,3-4,9-14H2,1-2H3,(H,18,21)/p+1. The highest BCUT2D eigenvalue weighted by Gasteiger charge is 2.23. The van der Waals surface area contributed by atoms with Crippen LogP contribution in [0.5, 0.6) is 5.75 Å². The third kappa shape index (κ3) is 4.63. The Hall–Kier alpha value is -1.75. The van der Waals surface area contributed by atoms with Gasteiger partial charge in [0.2, 0.25) is 0 Å². The molecule has 0 spiro atoms. The third-order valence-electron chi connectivity index (χ3n) is 3.96. The number of quaternary nitrogens is 1. The zero-order valence-electron chi connectivity index (χ0n) is 13.7. The summed E-state index contributed by atoms with van der Waals surface area (Å²) in [6.45, 7) is 10.0. The molecule has 5 heteroatoms. The lowest BCUT2D eigenvalue weighted by Gasteiger charge is -2.34. The topological polar surface area (TPSA) is 46.0 Å². The molecule has 1 aromatic rings. The molecule has 1 aliphatic rings. The van der Waals surface area contributed by atoms with Gasteiger partial charge in [0.15, 0.2) is 6.54 Å². The number of amides is 1. The third-order valence-corrected chi connectivity index (χ3v) is 3.96. The Balaban J connectivity index is 1.86. The van der Waals surface area contributed by atoms with Gasteiger partial charge in [0.1, 0.15) is 5.75 Å². The molecule has 2 N–H and O–H groups in total. The van der Waals surface area contributed by atoms with Gasteiger partial charge in [-0.25, -0.2) is 0 Å². The Kier molecular flexibility index (Phi) is 6.52. The molecule has 1 aromatic carbocycles. The first kappa shape index (κ1) is 16.6. The largest absolute Gasteiger partial charge is 0.492 e. The second-order valence-electron chi connectivity index (χ2n) is 5.66. The molecular weight excluding hydrogens is 278 g/mol. The zero-order valence-corrected chi connectivity index (χ0v) is 13.7. The summed E-state index contributed by atoms with van der Waals surface area (Å²) < 4.78 is 5.71. The average Bonchev–Trinajstić information content (AvgIpc) is 2.55. The van der Waals surface area contributed by atoms with E-state index in [9.17, 15) is 4.79 Å². The molecule has 0 bridgehead atoms. The maximum atomic E-state index is 11.8. The number of anilines is 1. The maximum Gasteiger partial charge on any atom is 0.275 e. The molecule has 1 fully saturated rings. The lowest BCUT2D eigenvalue weighted by molar-refractivity contribution is -0.892. The Bertz CT molecular complexity index is 471. The van der Waals surface area contributed by atoms with Crippen LogP contribution >= 0.6 is 0 Å². The van der Waals surface area contributed by atoms with Crippen LogP contribution in [0.15, 0.2) is 24.3 Å². The number of nitrogens with zero attached hydrogens (tertiary/aromatic N) is 1. The molecule has 1 amide bonds. The first-order valence-corrected chi connectivity index (χ1v) is 8.31. The summed E-state index contributed by atoms with van der Waals surface area (Å²) in [6, 6.07) is 8.20. The number of hydrogen-bond acceptors (Lipinski definition) is 3. The average molecular weight is 306 g/mol. The molecule has 1 heterocycles. The van der Waals surface area contributed by atoms with Crippen LogP contribution in [0, 0.1) is 0 Å². The van der Waals surface area contributed by atoms with Crippen molar-refractivity contribution in [1.82, 2.24) is 5.32 Å². The van der Waals surface area contributed by atoms with Crippen molar-refractivity contribution >= 4 is 11.6 Å². The van der Waals surface area contributed by atoms with Crippen LogP contribution in [-0.2, 0) is 4.79 Å². The van der Waals surface area contributed by atoms with Gasteiger partial charge in [0.25, 0.3) is 5.91 Å². The number of rotatable bonds is 7. The SMILES string of the molecule is CCCNC(=O)C[NH+]1CCN(c2ccccc2OCC)CC1. The second kappa shape index (κ2) is 8.63. The summed E-state index contributed by atoms with van der Waals surface area (Å²) in [5.74, 6) is 1.12. The minimum Gasteiger partial charge on any atom is -0.492 e. The van der Waals surface area contributed by atoms with Crippen molar-refractivity contribution in [2.45, 2.75) is 20.3 Å². The molecule has 0 atom stereocenters. The molecule has 1 saturated heterocycles. The predicted molar refractivity (Wildman–Crippen MR) is 88.7 cm³/mol. The summed E-state index contributed by atoms with van der Waals surface area (Å²) in [4.78, 5) is 15.5. The molecule has 22 heavy (non-hydrogen) atoms. The van der Waals surface area contributed by atoms with Gasteiger partial charge in [0.05, 0.1) is 38.5 Å². The Morgan fingerprint density at radius 1 is 1.27 bits per heavy atom. The van der Waals surface area contributed by atoms with Crippen molar-refractivity contribution in [3.8, 4) is 5.75 Å². The van der Waals surface area contributed by atoms with Crippen LogP contribution in [0.3, 0.4) is 0 Å². The van der Waals surface area contributed by atoms with Crippen LogP contribution in [0.2, 0.25) is 0 Å². The van der Waals surface area contributed by atoms with Gasteiger partial charge in [-0.05, 0) is 25.5 Å². The van der Waals surface area contributed by atoms with Gasteiger partial charge < -0.3 is 19.9 Å². The van der Waals surface area contributed by atoms with E-state index >= 15 is 0 Å². The number of piperazine rings is 1. The molecule has 0 unspecified atom stereocenters. The number of para-hydroxylation sites is 2. The number of benzene rings is 1. The number of carbonyl (C=O) groups is 1. The molecule has 5 nitrogen and oxygen atoms in total. The van der Waals surface area contributed by atoms with E-state index in [0.717, 1.165) is 44.9 Å². The van der Waals surface area contributed by atoms with Crippen molar-refractivity contribution in [2.75, 3.05) is 50.8 Å². The van der Waals surface area contributed by atoms with E-state index in [1.807, 2.05) is 19.1 Å². The van der Waals surface area contributed by atoms with E-state index in [2.05, 4.69) is 29.3 Å². The quantitative estimate of drug-likeness (QED) is 0.762. The Morgan fingerprint density at radius 3 is 2.68 bits per heavy atom. The lowest BCUT2D eigenvalue weighted by atomic mass is 10.2. The summed E-state index contributed by atoms with van der Waals surface area (Å²) >= 11 is 0. The van der Waals surface area contributed by atoms with Gasteiger partial charge in [-0.2, -0.15) is 0 Å². The van der Waals surface area contributed by atoms with Crippen LogP contribution in [-0.4, -0.2) is 51.8 Å². The molecule has 122 valence electrons. The van der Waals surface area contributed by atoms with Crippen molar-refractivity contribution in [3.63, 3.8) is 0 Å². The fourth-order valence-electron chi connectivity index (χ4n) is 2.79. The fourth-order valence-corrected chi connectivity index (χ4v) is 2.79. The van der Waals surface area contributed by atoms with Crippen LogP contribution in [0.4, 0.5) is 5.69 Å². The van der Waals surface area contributed by atoms with Gasteiger partial charge in [0, 0.05) is 6.54 Å². The first-order valence-electron chi connectivity index (χ1n) is 8.31. The molecule has 0 aromatic heterocycles. The summed E-state index contributed by atoms with van der Waals surface area (Å²) in [7, 11) is 0. The van der Waals surface area contributed by atoms with Crippen LogP contribution in [0.25, 0.3) is 0 Å². The summed E-state index contributed by atoms with van der Waals surface area (Å²) in [5, 5.41) is 2.95. The van der Waals surface area contributed by atoms with Gasteiger partial charge in [-0.15, -0.1) is 0 Å². The highest BCUT2D eigenvalue weighted by molar-refractivity contribution is 5.76. The number of carbonyl (C=O) groups excluding carboxylic acids is 1. The normalized spacial score (nSPS) is 15.6. The Labute approximate surface area is 133 Å². The van der Waals surface area contributed by atoms with E-state index in [-0.39, 0.29) is 5.91 Å². The maximum absolute atomic E-state index is 11.8. The summed E-state index contributed by atoms with van der Waals surface area (Å²) in [5.41, 5.74) is 1.17. The van der Waals surface area contributed by atoms with E-state index in [1.165, 1.54) is 10.6 Å². The first-order chi connectivity index (χ1) is 10.7. The van der Waals surface area contributed by atoms with E-state index in [4.69, 9.17) is 4.74 Å². The van der Waals surface area contributed by atoms with E-state index in [0.29, 0.717) is 13.2 Å². The highest BCUT2D eigenvalue weighted by Crippen LogP contribution is 2.27. The monoisotopic (exact) mass is 306 g/mol. The molecule has 1 aliphatic heterocycles. The van der Waals surface area contributed by atoms with Gasteiger partial charge in [-0.3, -0.25) is 4.79 Å². The smallest absolute Gasteiger partial charge is 0.275 e. The minimum atomic E-state index is 0.167. The Morgan fingerprint density at radius 2 is 2.00 bits per heavy atom. The molecule has 0 radical (unpaired) electrons. The fraction of sp³-hybridized carbons (Fsp3) is 0.588. The van der Waals surface area contributed by atoms with Gasteiger partial charge in [-0.1, -0.05) is 19.1 Å². The van der Waals surface area contributed by atoms with Gasteiger partial charge >= 0.3 is 0 Å². The van der Waals surface area contributed by atoms with E-state index in [1.54, 1.807) is 0 Å². The molecule has 0 aliphatic carbocycles. The molecule has 0 saturated carbocycles. The molecular formula is C17H28N3O2+. The highest BCUT2D eigenvalue weighted by atomic mass is 16.5. The number of hydrogen-bond donors (Lipinski definition) is 2. The minimum absolute atomic E-state index is 0.167. The van der Waals surface area contributed by atoms with Crippen LogP contribution in [0.1, 0.15) is 20.3 Å². The van der Waals surface area contributed by atoms with Crippen molar-refractivity contribution in [3.05, 3.63) is 24.3 Å². The molecule has 2 rings (SSSR count). The number of ether oxygens (including phenoxy) is 1. The van der Waals surface area contributed by atoms with E-state index < -0.39 is 0 Å². The zero-order chi connectivity index (χ0) is 15.8. The summed E-state index contributed by atoms with van der Waals surface area (Å²) in [6.07, 6.45) is 0.989. The predicted octanol–water partition coefficient (Wildman–Crippen LogP) is 0.316. The van der Waals surface area contributed by atoms with Crippen LogP contribution < -0.4 is 19.9 Å². The van der Waals surface area contributed by atoms with Crippen molar-refractivity contribution in [1.29, 1.82) is 0 Å².